The summed E-state index contributed by atoms with van der Waals surface area (Å²) in [6.45, 7) is 0. The third kappa shape index (κ3) is 4.04. The van der Waals surface area contributed by atoms with Crippen molar-refractivity contribution in [2.24, 2.45) is 5.73 Å². The Morgan fingerprint density at radius 1 is 1.03 bits per heavy atom. The minimum absolute atomic E-state index is 0.0417. The first-order chi connectivity index (χ1) is 16.2. The molecule has 4 aromatic rings. The number of anilines is 1. The maximum absolute atomic E-state index is 13.6. The second kappa shape index (κ2) is 8.46. The van der Waals surface area contributed by atoms with E-state index in [4.69, 9.17) is 5.73 Å². The van der Waals surface area contributed by atoms with Crippen molar-refractivity contribution in [2.45, 2.75) is 50.4 Å². The normalized spacial score (nSPS) is 19.3. The summed E-state index contributed by atoms with van der Waals surface area (Å²) >= 11 is 0. The molecule has 0 saturated heterocycles. The number of hydrogen-bond donors (Lipinski definition) is 3. The van der Waals surface area contributed by atoms with Crippen LogP contribution in [0.2, 0.25) is 0 Å². The summed E-state index contributed by atoms with van der Waals surface area (Å²) in [6, 6.07) is 3.22. The van der Waals surface area contributed by atoms with Crippen LogP contribution < -0.4 is 11.1 Å². The number of pyridine rings is 1. The lowest BCUT2D eigenvalue weighted by atomic mass is 9.91. The molecule has 0 spiro atoms. The molecule has 3 heterocycles. The average Bonchev–Trinajstić information content (AvgIpc) is 3.22. The van der Waals surface area contributed by atoms with Gasteiger partial charge in [0.15, 0.2) is 0 Å². The molecule has 0 amide bonds. The summed E-state index contributed by atoms with van der Waals surface area (Å²) in [7, 11) is 0. The van der Waals surface area contributed by atoms with Gasteiger partial charge in [-0.15, -0.1) is 0 Å². The number of aromatic nitrogens is 4. The molecule has 1 aromatic carbocycles. The van der Waals surface area contributed by atoms with E-state index in [1.807, 2.05) is 0 Å². The fourth-order valence-corrected chi connectivity index (χ4v) is 4.51. The van der Waals surface area contributed by atoms with Crippen LogP contribution in [0.3, 0.4) is 0 Å². The van der Waals surface area contributed by atoms with E-state index in [0.29, 0.717) is 16.5 Å². The zero-order valence-corrected chi connectivity index (χ0v) is 17.8. The van der Waals surface area contributed by atoms with Crippen LogP contribution in [-0.2, 0) is 6.18 Å². The number of nitrogens with one attached hydrogen (secondary N) is 2. The van der Waals surface area contributed by atoms with Gasteiger partial charge in [-0.2, -0.15) is 13.2 Å². The highest BCUT2D eigenvalue weighted by Gasteiger charge is 2.31. The van der Waals surface area contributed by atoms with E-state index in [1.54, 1.807) is 0 Å². The van der Waals surface area contributed by atoms with Gasteiger partial charge in [0, 0.05) is 58.1 Å². The van der Waals surface area contributed by atoms with Crippen molar-refractivity contribution in [1.29, 1.82) is 0 Å². The fourth-order valence-electron chi connectivity index (χ4n) is 4.51. The van der Waals surface area contributed by atoms with E-state index in [2.05, 4.69) is 25.3 Å². The lowest BCUT2D eigenvalue weighted by Crippen LogP contribution is -2.42. The van der Waals surface area contributed by atoms with Crippen molar-refractivity contribution >= 4 is 27.8 Å². The quantitative estimate of drug-likeness (QED) is 0.323. The van der Waals surface area contributed by atoms with Gasteiger partial charge in [0.2, 0.25) is 5.95 Å². The van der Waals surface area contributed by atoms with Crippen LogP contribution in [0, 0.1) is 0 Å². The van der Waals surface area contributed by atoms with Crippen LogP contribution in [0.5, 0.6) is 0 Å². The molecule has 1 fully saturated rings. The number of alkyl halides is 5. The summed E-state index contributed by atoms with van der Waals surface area (Å²) in [5, 5.41) is 3.78. The first-order valence-corrected chi connectivity index (χ1v) is 10.9. The van der Waals surface area contributed by atoms with E-state index in [1.165, 1.54) is 24.7 Å². The second-order valence-corrected chi connectivity index (χ2v) is 8.47. The Bertz CT molecular complexity index is 1350. The Labute approximate surface area is 190 Å². The number of fused-ring (bicyclic) bond motifs is 2. The van der Waals surface area contributed by atoms with Gasteiger partial charge in [-0.3, -0.25) is 4.98 Å². The van der Waals surface area contributed by atoms with Crippen LogP contribution in [0.25, 0.3) is 32.9 Å². The number of aromatic amines is 1. The van der Waals surface area contributed by atoms with Crippen LogP contribution in [0.15, 0.2) is 36.8 Å². The molecule has 0 unspecified atom stereocenters. The van der Waals surface area contributed by atoms with Crippen LogP contribution in [-0.4, -0.2) is 32.0 Å². The third-order valence-corrected chi connectivity index (χ3v) is 6.29. The maximum Gasteiger partial charge on any atom is 0.416 e. The molecular formula is C23H21F5N6. The van der Waals surface area contributed by atoms with E-state index >= 15 is 0 Å². The van der Waals surface area contributed by atoms with Gasteiger partial charge in [-0.05, 0) is 25.0 Å². The van der Waals surface area contributed by atoms with E-state index in [0.717, 1.165) is 37.8 Å². The molecule has 5 rings (SSSR count). The zero-order valence-electron chi connectivity index (χ0n) is 17.8. The van der Waals surface area contributed by atoms with Gasteiger partial charge in [0.1, 0.15) is 5.69 Å². The summed E-state index contributed by atoms with van der Waals surface area (Å²) in [5.74, 6) is 0.252. The topological polar surface area (TPSA) is 92.5 Å². The number of rotatable bonds is 4. The number of H-pyrrole nitrogens is 1. The molecule has 6 nitrogen and oxygen atoms in total. The van der Waals surface area contributed by atoms with Crippen molar-refractivity contribution in [2.75, 3.05) is 5.32 Å². The van der Waals surface area contributed by atoms with Gasteiger partial charge >= 0.3 is 6.18 Å². The molecule has 1 aliphatic rings. The molecule has 3 aromatic heterocycles. The number of benzene rings is 1. The first kappa shape index (κ1) is 22.5. The molecule has 178 valence electrons. The highest BCUT2D eigenvalue weighted by atomic mass is 19.4. The molecule has 4 N–H and O–H groups in total. The SMILES string of the molecule is N[C@@H]1CCCC[C@@H]1Nc1ncc2c(C(F)F)ncc(-c3c[nH]c4cc(C(F)(F)F)ccc34)c2n1. The van der Waals surface area contributed by atoms with Crippen molar-refractivity contribution in [1.82, 2.24) is 19.9 Å². The Morgan fingerprint density at radius 2 is 1.82 bits per heavy atom. The van der Waals surface area contributed by atoms with Crippen molar-refractivity contribution in [3.05, 3.63) is 48.0 Å². The zero-order chi connectivity index (χ0) is 24.0. The Hall–Kier alpha value is -3.34. The maximum atomic E-state index is 13.6. The Kier molecular flexibility index (Phi) is 5.59. The highest BCUT2D eigenvalue weighted by Crippen LogP contribution is 2.38. The first-order valence-electron chi connectivity index (χ1n) is 10.9. The number of halogens is 5. The largest absolute Gasteiger partial charge is 0.416 e. The summed E-state index contributed by atoms with van der Waals surface area (Å²) in [6.07, 6.45) is 0.532. The van der Waals surface area contributed by atoms with Crippen molar-refractivity contribution in [3.63, 3.8) is 0 Å². The Balaban J connectivity index is 1.63. The molecule has 34 heavy (non-hydrogen) atoms. The average molecular weight is 476 g/mol. The molecular weight excluding hydrogens is 455 g/mol. The highest BCUT2D eigenvalue weighted by molar-refractivity contribution is 6.04. The standard InChI is InChI=1S/C23H21F5N6/c24-21(25)20-15-10-32-22(33-17-4-2-1-3-16(17)29)34-19(15)14(9-31-20)13-8-30-18-7-11(23(26,27)28)5-6-12(13)18/h5-10,16-17,21,30H,1-4,29H2,(H,32,33,34)/t16-,17+/m1/s1. The predicted molar refractivity (Wildman–Crippen MR) is 118 cm³/mol. The minimum atomic E-state index is -4.49. The lowest BCUT2D eigenvalue weighted by molar-refractivity contribution is -0.137. The van der Waals surface area contributed by atoms with Crippen LogP contribution in [0.4, 0.5) is 27.9 Å². The van der Waals surface area contributed by atoms with Crippen LogP contribution >= 0.6 is 0 Å². The smallest absolute Gasteiger partial charge is 0.361 e. The molecule has 0 bridgehead atoms. The summed E-state index contributed by atoms with van der Waals surface area (Å²) in [5.41, 5.74) is 6.35. The summed E-state index contributed by atoms with van der Waals surface area (Å²) in [4.78, 5) is 15.5. The molecule has 11 heteroatoms. The third-order valence-electron chi connectivity index (χ3n) is 6.29. The monoisotopic (exact) mass is 476 g/mol. The van der Waals surface area contributed by atoms with E-state index < -0.39 is 23.9 Å². The summed E-state index contributed by atoms with van der Waals surface area (Å²) < 4.78 is 66.6. The number of hydrogen-bond acceptors (Lipinski definition) is 5. The molecule has 0 aliphatic heterocycles. The molecule has 2 atom stereocenters. The van der Waals surface area contributed by atoms with Gasteiger partial charge in [-0.1, -0.05) is 18.9 Å². The minimum Gasteiger partial charge on any atom is -0.361 e. The number of nitrogens with zero attached hydrogens (tertiary/aromatic N) is 3. The number of nitrogens with two attached hydrogens (primary N) is 1. The van der Waals surface area contributed by atoms with Crippen molar-refractivity contribution in [3.8, 4) is 11.1 Å². The van der Waals surface area contributed by atoms with E-state index in [9.17, 15) is 22.0 Å². The molecule has 0 radical (unpaired) electrons. The van der Waals surface area contributed by atoms with Gasteiger partial charge < -0.3 is 16.0 Å². The van der Waals surface area contributed by atoms with E-state index in [-0.39, 0.29) is 34.5 Å². The van der Waals surface area contributed by atoms with Gasteiger partial charge in [-0.25, -0.2) is 18.7 Å². The predicted octanol–water partition coefficient (Wildman–Crippen LogP) is 5.81. The van der Waals surface area contributed by atoms with Crippen molar-refractivity contribution < 1.29 is 22.0 Å². The Morgan fingerprint density at radius 3 is 2.56 bits per heavy atom. The molecule has 1 aliphatic carbocycles. The fraction of sp³-hybridized carbons (Fsp3) is 0.348. The van der Waals surface area contributed by atoms with Gasteiger partial charge in [0.25, 0.3) is 6.43 Å². The second-order valence-electron chi connectivity index (χ2n) is 8.47. The van der Waals surface area contributed by atoms with Crippen LogP contribution in [0.1, 0.15) is 43.4 Å². The van der Waals surface area contributed by atoms with Gasteiger partial charge in [0.05, 0.1) is 11.1 Å². The lowest BCUT2D eigenvalue weighted by Gasteiger charge is -2.29. The molecule has 1 saturated carbocycles.